The van der Waals surface area contributed by atoms with E-state index in [0.717, 1.165) is 21.4 Å². The van der Waals surface area contributed by atoms with Gasteiger partial charge in [0.1, 0.15) is 0 Å². The van der Waals surface area contributed by atoms with Crippen molar-refractivity contribution in [1.29, 1.82) is 0 Å². The summed E-state index contributed by atoms with van der Waals surface area (Å²) in [6, 6.07) is 13.8. The minimum absolute atomic E-state index is 0.170. The summed E-state index contributed by atoms with van der Waals surface area (Å²) in [7, 11) is 3.96. The minimum Gasteiger partial charge on any atom is -0.377 e. The Balaban J connectivity index is 1.83. The van der Waals surface area contributed by atoms with Crippen molar-refractivity contribution < 1.29 is 4.79 Å². The third kappa shape index (κ3) is 5.38. The number of carbonyl (C=O) groups excluding carboxylic acids is 1. The number of amides is 1. The highest BCUT2D eigenvalue weighted by atomic mass is 79.9. The molecule has 0 spiro atoms. The number of nitrogens with one attached hydrogen (secondary N) is 2. The Kier molecular flexibility index (Phi) is 6.37. The SMILES string of the molecule is Cc1ccc(NCC(=O)N/N=C\c2ccc(N(C)C)c(Br)c2)cc1. The van der Waals surface area contributed by atoms with Crippen LogP contribution >= 0.6 is 15.9 Å². The summed E-state index contributed by atoms with van der Waals surface area (Å²) in [5.41, 5.74) is 6.58. The number of anilines is 2. The van der Waals surface area contributed by atoms with Gasteiger partial charge in [-0.25, -0.2) is 5.43 Å². The number of halogens is 1. The van der Waals surface area contributed by atoms with Crippen molar-refractivity contribution in [3.8, 4) is 0 Å². The highest BCUT2D eigenvalue weighted by Gasteiger charge is 2.02. The van der Waals surface area contributed by atoms with Crippen LogP contribution in [0.25, 0.3) is 0 Å². The molecule has 0 aliphatic heterocycles. The molecule has 0 aliphatic rings. The maximum atomic E-state index is 11.8. The van der Waals surface area contributed by atoms with Crippen LogP contribution in [0.4, 0.5) is 11.4 Å². The van der Waals surface area contributed by atoms with Crippen molar-refractivity contribution in [2.75, 3.05) is 30.9 Å². The van der Waals surface area contributed by atoms with Crippen LogP contribution in [-0.4, -0.2) is 32.8 Å². The molecule has 0 aromatic heterocycles. The highest BCUT2D eigenvalue weighted by Crippen LogP contribution is 2.25. The van der Waals surface area contributed by atoms with Gasteiger partial charge in [-0.05, 0) is 52.7 Å². The van der Waals surface area contributed by atoms with Crippen molar-refractivity contribution in [2.45, 2.75) is 6.92 Å². The maximum Gasteiger partial charge on any atom is 0.259 e. The lowest BCUT2D eigenvalue weighted by Crippen LogP contribution is -2.25. The number of benzene rings is 2. The molecule has 24 heavy (non-hydrogen) atoms. The molecule has 126 valence electrons. The van der Waals surface area contributed by atoms with E-state index in [4.69, 9.17) is 0 Å². The second-order valence-electron chi connectivity index (χ2n) is 5.62. The molecule has 6 heteroatoms. The van der Waals surface area contributed by atoms with E-state index in [-0.39, 0.29) is 12.5 Å². The molecule has 0 saturated carbocycles. The smallest absolute Gasteiger partial charge is 0.259 e. The molecule has 2 aromatic rings. The summed E-state index contributed by atoms with van der Waals surface area (Å²) in [6.45, 7) is 2.19. The normalized spacial score (nSPS) is 10.7. The zero-order valence-electron chi connectivity index (χ0n) is 14.0. The Morgan fingerprint density at radius 1 is 1.21 bits per heavy atom. The molecule has 2 rings (SSSR count). The first-order valence-electron chi connectivity index (χ1n) is 7.55. The molecule has 2 aromatic carbocycles. The Hall–Kier alpha value is -2.34. The second kappa shape index (κ2) is 8.49. The van der Waals surface area contributed by atoms with Gasteiger partial charge in [0, 0.05) is 24.3 Å². The molecule has 0 saturated heterocycles. The molecule has 0 atom stereocenters. The van der Waals surface area contributed by atoms with E-state index in [1.165, 1.54) is 5.56 Å². The Morgan fingerprint density at radius 3 is 2.54 bits per heavy atom. The number of carbonyl (C=O) groups is 1. The minimum atomic E-state index is -0.198. The molecular formula is C18H21BrN4O. The molecule has 0 aliphatic carbocycles. The van der Waals surface area contributed by atoms with Crippen molar-refractivity contribution in [3.05, 3.63) is 58.1 Å². The van der Waals surface area contributed by atoms with Gasteiger partial charge in [0.05, 0.1) is 18.4 Å². The Bertz CT molecular complexity index is 726. The third-order valence-corrected chi connectivity index (χ3v) is 4.00. The standard InChI is InChI=1S/C18H21BrN4O/c1-13-4-7-15(8-5-13)20-12-18(24)22-21-11-14-6-9-17(23(2)3)16(19)10-14/h4-11,20H,12H2,1-3H3,(H,22,24)/b21-11-. The van der Waals surface area contributed by atoms with Crippen LogP contribution in [-0.2, 0) is 4.79 Å². The lowest BCUT2D eigenvalue weighted by molar-refractivity contribution is -0.119. The Labute approximate surface area is 150 Å². The van der Waals surface area contributed by atoms with Gasteiger partial charge in [0.15, 0.2) is 0 Å². The van der Waals surface area contributed by atoms with Gasteiger partial charge >= 0.3 is 0 Å². The summed E-state index contributed by atoms with van der Waals surface area (Å²) in [6.07, 6.45) is 1.62. The summed E-state index contributed by atoms with van der Waals surface area (Å²) in [5, 5.41) is 7.03. The van der Waals surface area contributed by atoms with E-state index < -0.39 is 0 Å². The van der Waals surface area contributed by atoms with Crippen molar-refractivity contribution >= 4 is 39.4 Å². The topological polar surface area (TPSA) is 56.7 Å². The number of rotatable bonds is 6. The first-order chi connectivity index (χ1) is 11.5. The quantitative estimate of drug-likeness (QED) is 0.588. The monoisotopic (exact) mass is 388 g/mol. The lowest BCUT2D eigenvalue weighted by atomic mass is 10.2. The summed E-state index contributed by atoms with van der Waals surface area (Å²) < 4.78 is 0.976. The first-order valence-corrected chi connectivity index (χ1v) is 8.34. The molecule has 5 nitrogen and oxygen atoms in total. The van der Waals surface area contributed by atoms with Gasteiger partial charge in [-0.3, -0.25) is 4.79 Å². The van der Waals surface area contributed by atoms with E-state index in [1.807, 2.05) is 68.4 Å². The van der Waals surface area contributed by atoms with E-state index in [9.17, 15) is 4.79 Å². The average Bonchev–Trinajstić information content (AvgIpc) is 2.54. The maximum absolute atomic E-state index is 11.8. The van der Waals surface area contributed by atoms with Crippen molar-refractivity contribution in [2.24, 2.45) is 5.10 Å². The van der Waals surface area contributed by atoms with E-state index in [1.54, 1.807) is 6.21 Å². The van der Waals surface area contributed by atoms with Crippen LogP contribution in [0, 0.1) is 6.92 Å². The van der Waals surface area contributed by atoms with Crippen LogP contribution in [0.3, 0.4) is 0 Å². The molecule has 0 fully saturated rings. The molecule has 0 heterocycles. The number of hydrogen-bond acceptors (Lipinski definition) is 4. The third-order valence-electron chi connectivity index (χ3n) is 3.36. The molecular weight excluding hydrogens is 368 g/mol. The molecule has 1 amide bonds. The zero-order chi connectivity index (χ0) is 17.5. The van der Waals surface area contributed by atoms with Crippen LogP contribution < -0.4 is 15.6 Å². The van der Waals surface area contributed by atoms with Gasteiger partial charge in [-0.1, -0.05) is 23.8 Å². The van der Waals surface area contributed by atoms with E-state index >= 15 is 0 Å². The van der Waals surface area contributed by atoms with Crippen LogP contribution in [0.2, 0.25) is 0 Å². The highest BCUT2D eigenvalue weighted by molar-refractivity contribution is 9.10. The summed E-state index contributed by atoms with van der Waals surface area (Å²) in [4.78, 5) is 13.8. The number of hydrogen-bond donors (Lipinski definition) is 2. The van der Waals surface area contributed by atoms with Crippen molar-refractivity contribution in [3.63, 3.8) is 0 Å². The van der Waals surface area contributed by atoms with E-state index in [0.29, 0.717) is 0 Å². The second-order valence-corrected chi connectivity index (χ2v) is 6.47. The molecule has 0 radical (unpaired) electrons. The van der Waals surface area contributed by atoms with Gasteiger partial charge in [0.25, 0.3) is 5.91 Å². The van der Waals surface area contributed by atoms with Gasteiger partial charge in [-0.15, -0.1) is 0 Å². The van der Waals surface area contributed by atoms with Crippen LogP contribution in [0.1, 0.15) is 11.1 Å². The fourth-order valence-corrected chi connectivity index (χ4v) is 2.79. The number of aryl methyl sites for hydroxylation is 1. The van der Waals surface area contributed by atoms with Crippen molar-refractivity contribution in [1.82, 2.24) is 5.43 Å². The van der Waals surface area contributed by atoms with E-state index in [2.05, 4.69) is 31.8 Å². The first kappa shape index (κ1) is 18.0. The summed E-state index contributed by atoms with van der Waals surface area (Å²) in [5.74, 6) is -0.198. The Morgan fingerprint density at radius 2 is 1.92 bits per heavy atom. The fourth-order valence-electron chi connectivity index (χ4n) is 2.04. The fraction of sp³-hybridized carbons (Fsp3) is 0.222. The molecule has 0 bridgehead atoms. The number of nitrogens with zero attached hydrogens (tertiary/aromatic N) is 2. The van der Waals surface area contributed by atoms with Gasteiger partial charge in [-0.2, -0.15) is 5.10 Å². The summed E-state index contributed by atoms with van der Waals surface area (Å²) >= 11 is 3.52. The molecule has 0 unspecified atom stereocenters. The largest absolute Gasteiger partial charge is 0.377 e. The number of hydrazone groups is 1. The van der Waals surface area contributed by atoms with Crippen LogP contribution in [0.15, 0.2) is 52.0 Å². The predicted molar refractivity (Wildman–Crippen MR) is 104 cm³/mol. The van der Waals surface area contributed by atoms with Gasteiger partial charge < -0.3 is 10.2 Å². The zero-order valence-corrected chi connectivity index (χ0v) is 15.6. The lowest BCUT2D eigenvalue weighted by Gasteiger charge is -2.14. The molecule has 2 N–H and O–H groups in total. The van der Waals surface area contributed by atoms with Gasteiger partial charge in [0.2, 0.25) is 0 Å². The average molecular weight is 389 g/mol. The predicted octanol–water partition coefficient (Wildman–Crippen LogP) is 3.39. The van der Waals surface area contributed by atoms with Crippen LogP contribution in [0.5, 0.6) is 0 Å².